The summed E-state index contributed by atoms with van der Waals surface area (Å²) in [5.74, 6) is 1.18. The Morgan fingerprint density at radius 1 is 1.20 bits per heavy atom. The van der Waals surface area contributed by atoms with E-state index in [9.17, 15) is 9.59 Å². The van der Waals surface area contributed by atoms with E-state index in [0.717, 1.165) is 17.0 Å². The number of ether oxygens (including phenoxy) is 1. The number of aryl methyl sites for hydroxylation is 1. The van der Waals surface area contributed by atoms with Gasteiger partial charge in [-0.15, -0.1) is 10.2 Å². The molecule has 0 aliphatic heterocycles. The van der Waals surface area contributed by atoms with E-state index >= 15 is 0 Å². The van der Waals surface area contributed by atoms with Crippen LogP contribution in [0.4, 0.5) is 0 Å². The van der Waals surface area contributed by atoms with Crippen LogP contribution in [0.1, 0.15) is 21.7 Å². The third-order valence-corrected chi connectivity index (χ3v) is 5.77. The quantitative estimate of drug-likeness (QED) is 0.390. The van der Waals surface area contributed by atoms with Gasteiger partial charge in [-0.1, -0.05) is 36.0 Å². The lowest BCUT2D eigenvalue weighted by Crippen LogP contribution is -2.12. The number of fused-ring (bicyclic) bond motifs is 1. The molecule has 0 atom stereocenters. The first kappa shape index (κ1) is 19.8. The lowest BCUT2D eigenvalue weighted by molar-refractivity contribution is 0.0601. The maximum atomic E-state index is 12.4. The van der Waals surface area contributed by atoms with Crippen LogP contribution in [0, 0.1) is 6.92 Å². The van der Waals surface area contributed by atoms with Gasteiger partial charge in [-0.2, -0.15) is 0 Å². The number of aromatic nitrogens is 5. The van der Waals surface area contributed by atoms with Crippen molar-refractivity contribution in [2.75, 3.05) is 7.11 Å². The molecule has 2 heterocycles. The number of hydrogen-bond acceptors (Lipinski definition) is 7. The lowest BCUT2D eigenvalue weighted by Gasteiger charge is -2.07. The number of nitrogens with one attached hydrogen (secondary N) is 1. The fourth-order valence-corrected chi connectivity index (χ4v) is 3.91. The summed E-state index contributed by atoms with van der Waals surface area (Å²) in [5, 5.41) is 9.71. The summed E-state index contributed by atoms with van der Waals surface area (Å²) in [5.41, 5.74) is 2.66. The number of carbonyl (C=O) groups is 1. The average molecular weight is 421 g/mol. The molecule has 8 nitrogen and oxygen atoms in total. The third kappa shape index (κ3) is 3.71. The van der Waals surface area contributed by atoms with Crippen LogP contribution in [0.25, 0.3) is 22.3 Å². The maximum absolute atomic E-state index is 12.4. The molecule has 30 heavy (non-hydrogen) atoms. The lowest BCUT2D eigenvalue weighted by atomic mass is 10.1. The second-order valence-electron chi connectivity index (χ2n) is 6.70. The fraction of sp³-hybridized carbons (Fsp3) is 0.190. The predicted octanol–water partition coefficient (Wildman–Crippen LogP) is 3.11. The third-order valence-electron chi connectivity index (χ3n) is 4.74. The summed E-state index contributed by atoms with van der Waals surface area (Å²) in [4.78, 5) is 31.4. The molecule has 0 saturated heterocycles. The number of benzene rings is 2. The molecule has 0 saturated carbocycles. The number of methoxy groups -OCH3 is 1. The molecule has 2 aromatic heterocycles. The summed E-state index contributed by atoms with van der Waals surface area (Å²) >= 11 is 1.42. The number of nitrogens with zero attached hydrogens (tertiary/aromatic N) is 4. The molecular formula is C21H19N5O3S. The van der Waals surface area contributed by atoms with Crippen LogP contribution in [-0.4, -0.2) is 37.8 Å². The van der Waals surface area contributed by atoms with Crippen molar-refractivity contribution in [3.63, 3.8) is 0 Å². The molecule has 0 bridgehead atoms. The van der Waals surface area contributed by atoms with Gasteiger partial charge in [0.05, 0.1) is 29.3 Å². The molecule has 0 spiro atoms. The van der Waals surface area contributed by atoms with E-state index in [0.29, 0.717) is 33.2 Å². The van der Waals surface area contributed by atoms with E-state index in [1.807, 2.05) is 42.8 Å². The minimum atomic E-state index is -0.474. The monoisotopic (exact) mass is 421 g/mol. The molecule has 4 rings (SSSR count). The summed E-state index contributed by atoms with van der Waals surface area (Å²) in [7, 11) is 3.22. The minimum absolute atomic E-state index is 0.259. The molecule has 0 aliphatic rings. The Morgan fingerprint density at radius 3 is 2.77 bits per heavy atom. The van der Waals surface area contributed by atoms with Gasteiger partial charge < -0.3 is 14.3 Å². The smallest absolute Gasteiger partial charge is 0.337 e. The first-order valence-electron chi connectivity index (χ1n) is 9.17. The first-order chi connectivity index (χ1) is 14.5. The molecule has 9 heteroatoms. The average Bonchev–Trinajstić information content (AvgIpc) is 3.11. The Balaban J connectivity index is 1.60. The number of aromatic amines is 1. The van der Waals surface area contributed by atoms with Gasteiger partial charge in [0.1, 0.15) is 5.82 Å². The Labute approximate surface area is 176 Å². The van der Waals surface area contributed by atoms with Gasteiger partial charge in [0.15, 0.2) is 11.0 Å². The van der Waals surface area contributed by atoms with Crippen LogP contribution >= 0.6 is 11.8 Å². The van der Waals surface area contributed by atoms with Gasteiger partial charge in [0.25, 0.3) is 5.56 Å². The Bertz CT molecular complexity index is 1310. The van der Waals surface area contributed by atoms with Gasteiger partial charge in [-0.25, -0.2) is 9.78 Å². The molecule has 2 aromatic carbocycles. The molecule has 0 fully saturated rings. The second kappa shape index (κ2) is 8.11. The number of hydrogen-bond donors (Lipinski definition) is 1. The highest BCUT2D eigenvalue weighted by molar-refractivity contribution is 7.98. The van der Waals surface area contributed by atoms with Gasteiger partial charge in [-0.3, -0.25) is 4.79 Å². The van der Waals surface area contributed by atoms with E-state index in [4.69, 9.17) is 4.74 Å². The van der Waals surface area contributed by atoms with Crippen LogP contribution in [0.2, 0.25) is 0 Å². The van der Waals surface area contributed by atoms with Crippen LogP contribution in [0.3, 0.4) is 0 Å². The van der Waals surface area contributed by atoms with E-state index in [1.165, 1.54) is 18.9 Å². The second-order valence-corrected chi connectivity index (χ2v) is 7.65. The fourth-order valence-electron chi connectivity index (χ4n) is 3.13. The normalized spacial score (nSPS) is 11.0. The Hall–Kier alpha value is -3.46. The first-order valence-corrected chi connectivity index (χ1v) is 10.2. The number of thioether (sulfide) groups is 1. The van der Waals surface area contributed by atoms with Crippen molar-refractivity contribution in [2.24, 2.45) is 7.05 Å². The molecular weight excluding hydrogens is 402 g/mol. The van der Waals surface area contributed by atoms with E-state index in [2.05, 4.69) is 20.2 Å². The van der Waals surface area contributed by atoms with Crippen LogP contribution in [-0.2, 0) is 17.5 Å². The summed E-state index contributed by atoms with van der Waals surface area (Å²) < 4.78 is 6.65. The van der Waals surface area contributed by atoms with Crippen LogP contribution < -0.4 is 5.56 Å². The molecule has 152 valence electrons. The molecule has 1 N–H and O–H groups in total. The van der Waals surface area contributed by atoms with Crippen molar-refractivity contribution in [3.8, 4) is 11.4 Å². The van der Waals surface area contributed by atoms with E-state index in [-0.39, 0.29) is 5.56 Å². The SMILES string of the molecule is COC(=O)c1ccc2c(=O)[nH]c(CSc3nnc(-c4ccccc4C)n3C)nc2c1. The summed E-state index contributed by atoms with van der Waals surface area (Å²) in [6, 6.07) is 12.7. The summed E-state index contributed by atoms with van der Waals surface area (Å²) in [6.07, 6.45) is 0. The van der Waals surface area contributed by atoms with Gasteiger partial charge in [0, 0.05) is 12.6 Å². The zero-order valence-corrected chi connectivity index (χ0v) is 17.5. The van der Waals surface area contributed by atoms with Crippen molar-refractivity contribution in [2.45, 2.75) is 17.8 Å². The molecule has 0 amide bonds. The van der Waals surface area contributed by atoms with Gasteiger partial charge in [0.2, 0.25) is 0 Å². The largest absolute Gasteiger partial charge is 0.465 e. The van der Waals surface area contributed by atoms with Crippen LogP contribution in [0.15, 0.2) is 52.4 Å². The molecule has 0 aliphatic carbocycles. The summed E-state index contributed by atoms with van der Waals surface area (Å²) in [6.45, 7) is 2.03. The number of esters is 1. The standard InChI is InChI=1S/C21H19N5O3S/c1-12-6-4-5-7-14(12)18-24-25-21(26(18)2)30-11-17-22-16-10-13(20(28)29-3)8-9-15(16)19(27)23-17/h4-10H,11H2,1-3H3,(H,22,23,27). The Kier molecular flexibility index (Phi) is 5.37. The van der Waals surface area contributed by atoms with Crippen molar-refractivity contribution < 1.29 is 9.53 Å². The van der Waals surface area contributed by atoms with Crippen molar-refractivity contribution >= 4 is 28.6 Å². The highest BCUT2D eigenvalue weighted by Crippen LogP contribution is 2.26. The molecule has 0 radical (unpaired) electrons. The van der Waals surface area contributed by atoms with Gasteiger partial charge in [-0.05, 0) is 30.7 Å². The van der Waals surface area contributed by atoms with Crippen molar-refractivity contribution in [1.29, 1.82) is 0 Å². The molecule has 0 unspecified atom stereocenters. The Morgan fingerprint density at radius 2 is 2.00 bits per heavy atom. The number of H-pyrrole nitrogens is 1. The van der Waals surface area contributed by atoms with E-state index in [1.54, 1.807) is 18.2 Å². The zero-order valence-electron chi connectivity index (χ0n) is 16.7. The number of carbonyl (C=O) groups excluding carboxylic acids is 1. The topological polar surface area (TPSA) is 103 Å². The molecule has 4 aromatic rings. The highest BCUT2D eigenvalue weighted by Gasteiger charge is 2.14. The van der Waals surface area contributed by atoms with Crippen molar-refractivity contribution in [3.05, 3.63) is 69.8 Å². The minimum Gasteiger partial charge on any atom is -0.465 e. The van der Waals surface area contributed by atoms with Gasteiger partial charge >= 0.3 is 5.97 Å². The number of rotatable bonds is 5. The highest BCUT2D eigenvalue weighted by atomic mass is 32.2. The van der Waals surface area contributed by atoms with Crippen LogP contribution in [0.5, 0.6) is 0 Å². The van der Waals surface area contributed by atoms with E-state index < -0.39 is 5.97 Å². The zero-order chi connectivity index (χ0) is 21.3. The maximum Gasteiger partial charge on any atom is 0.337 e. The van der Waals surface area contributed by atoms with Crippen molar-refractivity contribution in [1.82, 2.24) is 24.7 Å². The predicted molar refractivity (Wildman–Crippen MR) is 114 cm³/mol.